The van der Waals surface area contributed by atoms with E-state index in [1.807, 2.05) is 12.1 Å². The molecule has 0 N–H and O–H groups in total. The third-order valence-electron chi connectivity index (χ3n) is 4.00. The van der Waals surface area contributed by atoms with E-state index in [9.17, 15) is 4.79 Å². The molecule has 0 amide bonds. The summed E-state index contributed by atoms with van der Waals surface area (Å²) in [6.07, 6.45) is 3.05. The van der Waals surface area contributed by atoms with Crippen molar-refractivity contribution in [3.05, 3.63) is 23.3 Å². The van der Waals surface area contributed by atoms with Crippen LogP contribution in [0.15, 0.2) is 12.1 Å². The van der Waals surface area contributed by atoms with Gasteiger partial charge in [-0.25, -0.2) is 0 Å². The summed E-state index contributed by atoms with van der Waals surface area (Å²) in [6, 6.07) is 3.95. The summed E-state index contributed by atoms with van der Waals surface area (Å²) in [5.41, 5.74) is 2.29. The van der Waals surface area contributed by atoms with E-state index in [-0.39, 0.29) is 11.3 Å². The monoisotopic (exact) mass is 248 g/mol. The Kier molecular flexibility index (Phi) is 3.33. The molecule has 1 aliphatic carbocycles. The predicted octanol–water partition coefficient (Wildman–Crippen LogP) is 2.96. The minimum Gasteiger partial charge on any atom is -0.493 e. The number of carbonyl (C=O) groups is 1. The highest BCUT2D eigenvalue weighted by Gasteiger charge is 2.36. The molecule has 0 saturated heterocycles. The first-order valence-electron chi connectivity index (χ1n) is 6.23. The van der Waals surface area contributed by atoms with Gasteiger partial charge in [-0.3, -0.25) is 0 Å². The molecule has 0 aliphatic heterocycles. The molecular weight excluding hydrogens is 228 g/mol. The molecule has 1 unspecified atom stereocenters. The van der Waals surface area contributed by atoms with Gasteiger partial charge in [0.2, 0.25) is 0 Å². The lowest BCUT2D eigenvalue weighted by Gasteiger charge is -2.37. The van der Waals surface area contributed by atoms with Crippen LogP contribution in [0.3, 0.4) is 0 Å². The normalized spacial score (nSPS) is 21.0. The standard InChI is InChI=1S/C15H20O3/c1-15(2)6-5-10-7-13(17-3)14(18-4)8-11(10)12(15)9-16/h7-9,12H,5-6H2,1-4H3. The Labute approximate surface area is 108 Å². The van der Waals surface area contributed by atoms with E-state index in [4.69, 9.17) is 9.47 Å². The predicted molar refractivity (Wildman–Crippen MR) is 70.5 cm³/mol. The Balaban J connectivity index is 2.56. The average Bonchev–Trinajstić information content (AvgIpc) is 2.36. The quantitative estimate of drug-likeness (QED) is 0.771. The smallest absolute Gasteiger partial charge is 0.161 e. The van der Waals surface area contributed by atoms with Crippen molar-refractivity contribution >= 4 is 6.29 Å². The Morgan fingerprint density at radius 3 is 2.39 bits per heavy atom. The highest BCUT2D eigenvalue weighted by molar-refractivity contribution is 5.67. The van der Waals surface area contributed by atoms with Crippen LogP contribution >= 0.6 is 0 Å². The van der Waals surface area contributed by atoms with Gasteiger partial charge in [-0.1, -0.05) is 13.8 Å². The molecule has 3 heteroatoms. The van der Waals surface area contributed by atoms with Gasteiger partial charge in [0.05, 0.1) is 14.2 Å². The number of hydrogen-bond donors (Lipinski definition) is 0. The first-order valence-corrected chi connectivity index (χ1v) is 6.23. The van der Waals surface area contributed by atoms with Crippen LogP contribution in [0.5, 0.6) is 11.5 Å². The molecule has 1 aromatic carbocycles. The molecule has 0 saturated carbocycles. The van der Waals surface area contributed by atoms with Gasteiger partial charge in [0, 0.05) is 5.92 Å². The number of methoxy groups -OCH3 is 2. The van der Waals surface area contributed by atoms with Crippen molar-refractivity contribution < 1.29 is 14.3 Å². The molecule has 3 nitrogen and oxygen atoms in total. The van der Waals surface area contributed by atoms with Crippen LogP contribution < -0.4 is 9.47 Å². The SMILES string of the molecule is COc1cc2c(cc1OC)C(C=O)C(C)(C)CC2. The lowest BCUT2D eigenvalue weighted by molar-refractivity contribution is -0.111. The maximum absolute atomic E-state index is 11.4. The first-order chi connectivity index (χ1) is 8.53. The molecule has 2 rings (SSSR count). The third-order valence-corrected chi connectivity index (χ3v) is 4.00. The number of aldehydes is 1. The van der Waals surface area contributed by atoms with E-state index >= 15 is 0 Å². The number of benzene rings is 1. The molecule has 1 aliphatic rings. The maximum Gasteiger partial charge on any atom is 0.161 e. The molecule has 0 fully saturated rings. The largest absolute Gasteiger partial charge is 0.493 e. The van der Waals surface area contributed by atoms with E-state index in [0.717, 1.165) is 30.4 Å². The van der Waals surface area contributed by atoms with Crippen LogP contribution in [0.1, 0.15) is 37.3 Å². The molecule has 0 aromatic heterocycles. The molecule has 0 radical (unpaired) electrons. The van der Waals surface area contributed by atoms with Gasteiger partial charge >= 0.3 is 0 Å². The second kappa shape index (κ2) is 4.63. The van der Waals surface area contributed by atoms with Gasteiger partial charge < -0.3 is 14.3 Å². The number of carbonyl (C=O) groups excluding carboxylic acids is 1. The number of ether oxygens (including phenoxy) is 2. The van der Waals surface area contributed by atoms with Gasteiger partial charge in [-0.2, -0.15) is 0 Å². The third kappa shape index (κ3) is 1.98. The van der Waals surface area contributed by atoms with E-state index in [2.05, 4.69) is 13.8 Å². The van der Waals surface area contributed by atoms with Crippen molar-refractivity contribution in [2.45, 2.75) is 32.6 Å². The number of hydrogen-bond acceptors (Lipinski definition) is 3. The van der Waals surface area contributed by atoms with Crippen molar-refractivity contribution in [1.82, 2.24) is 0 Å². The molecule has 0 heterocycles. The van der Waals surface area contributed by atoms with Gasteiger partial charge in [0.1, 0.15) is 6.29 Å². The minimum atomic E-state index is -0.0685. The summed E-state index contributed by atoms with van der Waals surface area (Å²) < 4.78 is 10.6. The summed E-state index contributed by atoms with van der Waals surface area (Å²) in [5, 5.41) is 0. The van der Waals surface area contributed by atoms with Crippen molar-refractivity contribution in [1.29, 1.82) is 0 Å². The molecule has 1 atom stereocenters. The first kappa shape index (κ1) is 12.9. The van der Waals surface area contributed by atoms with Gasteiger partial charge in [0.15, 0.2) is 11.5 Å². The van der Waals surface area contributed by atoms with E-state index in [1.165, 1.54) is 5.56 Å². The average molecular weight is 248 g/mol. The van der Waals surface area contributed by atoms with Crippen LogP contribution in [-0.4, -0.2) is 20.5 Å². The fourth-order valence-corrected chi connectivity index (χ4v) is 2.73. The van der Waals surface area contributed by atoms with Crippen LogP contribution in [0.2, 0.25) is 0 Å². The highest BCUT2D eigenvalue weighted by Crippen LogP contribution is 2.46. The Morgan fingerprint density at radius 2 is 1.83 bits per heavy atom. The molecule has 0 bridgehead atoms. The van der Waals surface area contributed by atoms with Crippen molar-refractivity contribution in [3.8, 4) is 11.5 Å². The second-order valence-corrected chi connectivity index (χ2v) is 5.51. The lowest BCUT2D eigenvalue weighted by Crippen LogP contribution is -2.29. The van der Waals surface area contributed by atoms with Crippen LogP contribution in [0, 0.1) is 5.41 Å². The Hall–Kier alpha value is -1.51. The highest BCUT2D eigenvalue weighted by atomic mass is 16.5. The number of rotatable bonds is 3. The molecule has 18 heavy (non-hydrogen) atoms. The van der Waals surface area contributed by atoms with Gasteiger partial charge in [-0.05, 0) is 41.5 Å². The zero-order chi connectivity index (χ0) is 13.3. The van der Waals surface area contributed by atoms with Crippen LogP contribution in [0.4, 0.5) is 0 Å². The molecule has 98 valence electrons. The summed E-state index contributed by atoms with van der Waals surface area (Å²) in [5.74, 6) is 1.36. The minimum absolute atomic E-state index is 0.00828. The maximum atomic E-state index is 11.4. The lowest BCUT2D eigenvalue weighted by atomic mass is 9.67. The molecule has 1 aromatic rings. The summed E-state index contributed by atoms with van der Waals surface area (Å²) in [6.45, 7) is 4.29. The van der Waals surface area contributed by atoms with Crippen molar-refractivity contribution in [2.24, 2.45) is 5.41 Å². The van der Waals surface area contributed by atoms with Crippen molar-refractivity contribution in [2.75, 3.05) is 14.2 Å². The van der Waals surface area contributed by atoms with Gasteiger partial charge in [-0.15, -0.1) is 0 Å². The zero-order valence-corrected chi connectivity index (χ0v) is 11.4. The fourth-order valence-electron chi connectivity index (χ4n) is 2.73. The Bertz CT molecular complexity index is 463. The number of fused-ring (bicyclic) bond motifs is 1. The second-order valence-electron chi connectivity index (χ2n) is 5.51. The van der Waals surface area contributed by atoms with Gasteiger partial charge in [0.25, 0.3) is 0 Å². The molecule has 0 spiro atoms. The van der Waals surface area contributed by atoms with Crippen LogP contribution in [-0.2, 0) is 11.2 Å². The van der Waals surface area contributed by atoms with Crippen LogP contribution in [0.25, 0.3) is 0 Å². The Morgan fingerprint density at radius 1 is 1.22 bits per heavy atom. The summed E-state index contributed by atoms with van der Waals surface area (Å²) in [7, 11) is 3.25. The molecular formula is C15H20O3. The summed E-state index contributed by atoms with van der Waals surface area (Å²) >= 11 is 0. The van der Waals surface area contributed by atoms with E-state index < -0.39 is 0 Å². The van der Waals surface area contributed by atoms with Crippen molar-refractivity contribution in [3.63, 3.8) is 0 Å². The summed E-state index contributed by atoms with van der Waals surface area (Å²) in [4.78, 5) is 11.4. The van der Waals surface area contributed by atoms with E-state index in [0.29, 0.717) is 5.75 Å². The fraction of sp³-hybridized carbons (Fsp3) is 0.533. The van der Waals surface area contributed by atoms with E-state index in [1.54, 1.807) is 14.2 Å². The number of aryl methyl sites for hydroxylation is 1. The topological polar surface area (TPSA) is 35.5 Å². The zero-order valence-electron chi connectivity index (χ0n) is 11.4.